The number of aromatic nitrogens is 1. The van der Waals surface area contributed by atoms with Crippen molar-refractivity contribution >= 4 is 17.5 Å². The quantitative estimate of drug-likeness (QED) is 0.815. The molecule has 1 heterocycles. The zero-order valence-electron chi connectivity index (χ0n) is 8.40. The summed E-state index contributed by atoms with van der Waals surface area (Å²) in [4.78, 5) is 15.4. The Labute approximate surface area is 93.3 Å². The van der Waals surface area contributed by atoms with Gasteiger partial charge in [-0.05, 0) is 19.4 Å². The van der Waals surface area contributed by atoms with Crippen LogP contribution in [0.5, 0.6) is 0 Å². The highest BCUT2D eigenvalue weighted by molar-refractivity contribution is 6.33. The summed E-state index contributed by atoms with van der Waals surface area (Å²) >= 11 is 5.81. The van der Waals surface area contributed by atoms with Crippen molar-refractivity contribution in [3.63, 3.8) is 0 Å². The van der Waals surface area contributed by atoms with E-state index >= 15 is 0 Å². The van der Waals surface area contributed by atoms with Crippen LogP contribution in [0.2, 0.25) is 5.02 Å². The van der Waals surface area contributed by atoms with E-state index in [1.165, 1.54) is 12.4 Å². The molecule has 1 atom stereocenters. The molecule has 1 unspecified atom stereocenters. The third kappa shape index (κ3) is 3.49. The molecule has 15 heavy (non-hydrogen) atoms. The number of carbonyl (C=O) groups excluding carboxylic acids is 1. The lowest BCUT2D eigenvalue weighted by Crippen LogP contribution is -2.33. The molecule has 0 fully saturated rings. The minimum Gasteiger partial charge on any atom is -0.396 e. The van der Waals surface area contributed by atoms with Gasteiger partial charge in [0, 0.05) is 25.0 Å². The Morgan fingerprint density at radius 2 is 2.47 bits per heavy atom. The van der Waals surface area contributed by atoms with Gasteiger partial charge in [-0.3, -0.25) is 9.78 Å². The number of hydrogen-bond donors (Lipinski definition) is 2. The van der Waals surface area contributed by atoms with Crippen LogP contribution in [0.4, 0.5) is 0 Å². The number of carbonyl (C=O) groups is 1. The van der Waals surface area contributed by atoms with Crippen molar-refractivity contribution in [3.05, 3.63) is 29.0 Å². The fraction of sp³-hybridized carbons (Fsp3) is 0.400. The van der Waals surface area contributed by atoms with Gasteiger partial charge in [0.25, 0.3) is 5.91 Å². The highest BCUT2D eigenvalue weighted by Crippen LogP contribution is 2.13. The van der Waals surface area contributed by atoms with Crippen LogP contribution < -0.4 is 5.32 Å². The van der Waals surface area contributed by atoms with Crippen molar-refractivity contribution in [2.24, 2.45) is 0 Å². The number of nitrogens with zero attached hydrogens (tertiary/aromatic N) is 1. The van der Waals surface area contributed by atoms with Crippen molar-refractivity contribution < 1.29 is 9.90 Å². The summed E-state index contributed by atoms with van der Waals surface area (Å²) in [6.07, 6.45) is 3.46. The largest absolute Gasteiger partial charge is 0.396 e. The Balaban J connectivity index is 2.65. The lowest BCUT2D eigenvalue weighted by Gasteiger charge is -2.12. The van der Waals surface area contributed by atoms with Crippen LogP contribution in [0.3, 0.4) is 0 Å². The highest BCUT2D eigenvalue weighted by atomic mass is 35.5. The molecule has 0 radical (unpaired) electrons. The van der Waals surface area contributed by atoms with Crippen LogP contribution >= 0.6 is 11.6 Å². The maximum atomic E-state index is 11.6. The molecule has 1 amide bonds. The molecule has 2 N–H and O–H groups in total. The van der Waals surface area contributed by atoms with E-state index in [1.807, 2.05) is 6.92 Å². The average Bonchev–Trinajstić information content (AvgIpc) is 2.18. The number of amides is 1. The second-order valence-electron chi connectivity index (χ2n) is 3.24. The molecule has 1 aromatic heterocycles. The number of nitrogens with one attached hydrogen (secondary N) is 1. The van der Waals surface area contributed by atoms with Crippen LogP contribution in [0.15, 0.2) is 18.5 Å². The molecule has 82 valence electrons. The molecule has 0 aliphatic heterocycles. The number of aliphatic hydroxyl groups excluding tert-OH is 1. The predicted molar refractivity (Wildman–Crippen MR) is 57.9 cm³/mol. The van der Waals surface area contributed by atoms with E-state index in [0.29, 0.717) is 17.0 Å². The molecule has 0 spiro atoms. The topological polar surface area (TPSA) is 62.2 Å². The first kappa shape index (κ1) is 11.9. The number of pyridine rings is 1. The maximum absolute atomic E-state index is 11.6. The lowest BCUT2D eigenvalue weighted by atomic mass is 10.2. The van der Waals surface area contributed by atoms with E-state index in [1.54, 1.807) is 6.07 Å². The molecule has 4 nitrogen and oxygen atoms in total. The van der Waals surface area contributed by atoms with Crippen LogP contribution in [-0.2, 0) is 0 Å². The minimum atomic E-state index is -0.247. The summed E-state index contributed by atoms with van der Waals surface area (Å²) in [5, 5.41) is 11.7. The summed E-state index contributed by atoms with van der Waals surface area (Å²) in [7, 11) is 0. The molecule has 1 aromatic rings. The zero-order valence-corrected chi connectivity index (χ0v) is 9.16. The first-order valence-electron chi connectivity index (χ1n) is 4.66. The summed E-state index contributed by atoms with van der Waals surface area (Å²) in [6.45, 7) is 1.87. The van der Waals surface area contributed by atoms with Crippen LogP contribution in [0, 0.1) is 0 Å². The third-order valence-electron chi connectivity index (χ3n) is 1.96. The van der Waals surface area contributed by atoms with Gasteiger partial charge in [-0.1, -0.05) is 11.6 Å². The summed E-state index contributed by atoms with van der Waals surface area (Å²) in [6, 6.07) is 1.48. The van der Waals surface area contributed by atoms with Gasteiger partial charge in [0.15, 0.2) is 0 Å². The van der Waals surface area contributed by atoms with Gasteiger partial charge in [-0.25, -0.2) is 0 Å². The van der Waals surface area contributed by atoms with Crippen molar-refractivity contribution in [3.8, 4) is 0 Å². The van der Waals surface area contributed by atoms with Crippen LogP contribution in [0.25, 0.3) is 0 Å². The Hall–Kier alpha value is -1.13. The maximum Gasteiger partial charge on any atom is 0.253 e. The van der Waals surface area contributed by atoms with E-state index in [4.69, 9.17) is 16.7 Å². The number of aliphatic hydroxyl groups is 1. The fourth-order valence-corrected chi connectivity index (χ4v) is 1.33. The van der Waals surface area contributed by atoms with Gasteiger partial charge in [0.1, 0.15) is 0 Å². The molecule has 0 saturated carbocycles. The molecule has 0 aliphatic carbocycles. The second kappa shape index (κ2) is 5.68. The van der Waals surface area contributed by atoms with Crippen LogP contribution in [-0.4, -0.2) is 28.6 Å². The van der Waals surface area contributed by atoms with Crippen molar-refractivity contribution in [1.29, 1.82) is 0 Å². The molecule has 0 aromatic carbocycles. The van der Waals surface area contributed by atoms with Crippen molar-refractivity contribution in [2.75, 3.05) is 6.61 Å². The zero-order chi connectivity index (χ0) is 11.3. The first-order valence-corrected chi connectivity index (χ1v) is 5.04. The monoisotopic (exact) mass is 228 g/mol. The van der Waals surface area contributed by atoms with E-state index in [-0.39, 0.29) is 18.6 Å². The van der Waals surface area contributed by atoms with Gasteiger partial charge in [-0.2, -0.15) is 0 Å². The summed E-state index contributed by atoms with van der Waals surface area (Å²) in [5.41, 5.74) is 0.399. The SMILES string of the molecule is CC(CCO)NC(=O)c1ccncc1Cl. The van der Waals surface area contributed by atoms with Gasteiger partial charge >= 0.3 is 0 Å². The Kier molecular flexibility index (Phi) is 4.52. The van der Waals surface area contributed by atoms with Gasteiger partial charge in [-0.15, -0.1) is 0 Å². The third-order valence-corrected chi connectivity index (χ3v) is 2.26. The Morgan fingerprint density at radius 1 is 1.73 bits per heavy atom. The van der Waals surface area contributed by atoms with Crippen molar-refractivity contribution in [1.82, 2.24) is 10.3 Å². The van der Waals surface area contributed by atoms with Gasteiger partial charge in [0.2, 0.25) is 0 Å². The molecule has 0 bridgehead atoms. The van der Waals surface area contributed by atoms with E-state index in [2.05, 4.69) is 10.3 Å². The number of rotatable bonds is 4. The molecule has 0 saturated heterocycles. The highest BCUT2D eigenvalue weighted by Gasteiger charge is 2.12. The average molecular weight is 229 g/mol. The predicted octanol–water partition coefficient (Wildman–Crippen LogP) is 1.24. The van der Waals surface area contributed by atoms with Crippen LogP contribution in [0.1, 0.15) is 23.7 Å². The summed E-state index contributed by atoms with van der Waals surface area (Å²) < 4.78 is 0. The van der Waals surface area contributed by atoms with Gasteiger partial charge < -0.3 is 10.4 Å². The standard InChI is InChI=1S/C10H13ClN2O2/c1-7(3-5-14)13-10(15)8-2-4-12-6-9(8)11/h2,4,6-7,14H,3,5H2,1H3,(H,13,15). The van der Waals surface area contributed by atoms with E-state index in [9.17, 15) is 4.79 Å². The molecule has 1 rings (SSSR count). The van der Waals surface area contributed by atoms with E-state index in [0.717, 1.165) is 0 Å². The lowest BCUT2D eigenvalue weighted by molar-refractivity contribution is 0.0934. The number of hydrogen-bond acceptors (Lipinski definition) is 3. The first-order chi connectivity index (χ1) is 7.15. The molecular formula is C10H13ClN2O2. The van der Waals surface area contributed by atoms with E-state index < -0.39 is 0 Å². The molecular weight excluding hydrogens is 216 g/mol. The Morgan fingerprint density at radius 3 is 3.07 bits per heavy atom. The normalized spacial score (nSPS) is 12.2. The second-order valence-corrected chi connectivity index (χ2v) is 3.65. The summed E-state index contributed by atoms with van der Waals surface area (Å²) in [5.74, 6) is -0.247. The fourth-order valence-electron chi connectivity index (χ4n) is 1.13. The number of halogens is 1. The molecule has 0 aliphatic rings. The molecule has 5 heteroatoms. The van der Waals surface area contributed by atoms with Crippen molar-refractivity contribution in [2.45, 2.75) is 19.4 Å². The van der Waals surface area contributed by atoms with Gasteiger partial charge in [0.05, 0.1) is 10.6 Å². The Bertz CT molecular complexity index is 344. The minimum absolute atomic E-state index is 0.0471. The smallest absolute Gasteiger partial charge is 0.253 e.